The first-order valence-corrected chi connectivity index (χ1v) is 13.2. The van der Waals surface area contributed by atoms with E-state index < -0.39 is 32.5 Å². The molecule has 1 heterocycles. The summed E-state index contributed by atoms with van der Waals surface area (Å²) in [6.45, 7) is 1.17. The highest BCUT2D eigenvalue weighted by atomic mass is 35.5. The van der Waals surface area contributed by atoms with E-state index in [1.165, 1.54) is 36.5 Å². The lowest BCUT2D eigenvalue weighted by Crippen LogP contribution is -2.37. The summed E-state index contributed by atoms with van der Waals surface area (Å²) in [6.07, 6.45) is 2.45. The number of nitrogens with zero attached hydrogens (tertiary/aromatic N) is 2. The van der Waals surface area contributed by atoms with Crippen LogP contribution in [0.15, 0.2) is 71.8 Å². The SMILES string of the molecule is Cc1c(Cl)cccc1N(CC(=O)Nc1ccc(S(=O)(=O)Nc2ccccn2)cc1)S(C)(=O)=O. The number of amides is 1. The van der Waals surface area contributed by atoms with Crippen molar-refractivity contribution in [2.24, 2.45) is 0 Å². The van der Waals surface area contributed by atoms with E-state index in [9.17, 15) is 21.6 Å². The van der Waals surface area contributed by atoms with Gasteiger partial charge in [-0.15, -0.1) is 0 Å². The van der Waals surface area contributed by atoms with E-state index in [-0.39, 0.29) is 10.7 Å². The number of pyridine rings is 1. The van der Waals surface area contributed by atoms with E-state index in [0.29, 0.717) is 22.0 Å². The van der Waals surface area contributed by atoms with Gasteiger partial charge in [0.1, 0.15) is 12.4 Å². The highest BCUT2D eigenvalue weighted by Gasteiger charge is 2.23. The number of anilines is 3. The van der Waals surface area contributed by atoms with E-state index in [4.69, 9.17) is 11.6 Å². The van der Waals surface area contributed by atoms with Crippen LogP contribution in [0.3, 0.4) is 0 Å². The molecule has 33 heavy (non-hydrogen) atoms. The van der Waals surface area contributed by atoms with Gasteiger partial charge in [-0.1, -0.05) is 23.7 Å². The molecule has 0 radical (unpaired) electrons. The number of hydrogen-bond donors (Lipinski definition) is 2. The Labute approximate surface area is 197 Å². The Hall–Kier alpha value is -3.15. The first kappa shape index (κ1) is 24.5. The molecule has 12 heteroatoms. The molecule has 0 saturated heterocycles. The number of hydrogen-bond acceptors (Lipinski definition) is 6. The molecule has 0 fully saturated rings. The zero-order valence-electron chi connectivity index (χ0n) is 17.7. The predicted octanol–water partition coefficient (Wildman–Crippen LogP) is 3.25. The second-order valence-electron chi connectivity index (χ2n) is 7.05. The monoisotopic (exact) mass is 508 g/mol. The minimum atomic E-state index is -3.87. The van der Waals surface area contributed by atoms with E-state index in [2.05, 4.69) is 15.0 Å². The maximum Gasteiger partial charge on any atom is 0.263 e. The highest BCUT2D eigenvalue weighted by molar-refractivity contribution is 7.92. The fourth-order valence-corrected chi connectivity index (χ4v) is 5.00. The minimum Gasteiger partial charge on any atom is -0.325 e. The number of sulfonamides is 2. The highest BCUT2D eigenvalue weighted by Crippen LogP contribution is 2.28. The molecule has 0 saturated carbocycles. The van der Waals surface area contributed by atoms with Crippen molar-refractivity contribution in [2.75, 3.05) is 27.1 Å². The van der Waals surface area contributed by atoms with Gasteiger partial charge in [0.15, 0.2) is 0 Å². The van der Waals surface area contributed by atoms with Crippen molar-refractivity contribution >= 4 is 54.7 Å². The third kappa shape index (κ3) is 6.21. The summed E-state index contributed by atoms with van der Waals surface area (Å²) in [6, 6.07) is 15.0. The summed E-state index contributed by atoms with van der Waals surface area (Å²) in [4.78, 5) is 16.5. The largest absolute Gasteiger partial charge is 0.325 e. The molecule has 3 aromatic rings. The van der Waals surface area contributed by atoms with E-state index in [1.54, 1.807) is 37.3 Å². The molecule has 0 aliphatic carbocycles. The fraction of sp³-hybridized carbons (Fsp3) is 0.143. The molecule has 0 unspecified atom stereocenters. The Bertz CT molecular complexity index is 1360. The van der Waals surface area contributed by atoms with Gasteiger partial charge in [-0.2, -0.15) is 0 Å². The van der Waals surface area contributed by atoms with Crippen LogP contribution < -0.4 is 14.3 Å². The van der Waals surface area contributed by atoms with E-state index in [0.717, 1.165) is 10.6 Å². The number of rotatable bonds is 8. The summed E-state index contributed by atoms with van der Waals surface area (Å²) >= 11 is 6.10. The van der Waals surface area contributed by atoms with Gasteiger partial charge in [0.25, 0.3) is 10.0 Å². The average Bonchev–Trinajstić information content (AvgIpc) is 2.74. The molecule has 0 aliphatic rings. The molecule has 174 valence electrons. The van der Waals surface area contributed by atoms with Gasteiger partial charge in [-0.3, -0.25) is 13.8 Å². The van der Waals surface area contributed by atoms with Crippen molar-refractivity contribution < 1.29 is 21.6 Å². The molecule has 1 aromatic heterocycles. The lowest BCUT2D eigenvalue weighted by Gasteiger charge is -2.24. The fourth-order valence-electron chi connectivity index (χ4n) is 2.92. The lowest BCUT2D eigenvalue weighted by atomic mass is 10.2. The van der Waals surface area contributed by atoms with Gasteiger partial charge in [0.2, 0.25) is 15.9 Å². The summed E-state index contributed by atoms with van der Waals surface area (Å²) in [5.74, 6) is -0.436. The van der Waals surface area contributed by atoms with Crippen LogP contribution in [0.1, 0.15) is 5.56 Å². The van der Waals surface area contributed by atoms with Crippen molar-refractivity contribution in [3.63, 3.8) is 0 Å². The Morgan fingerprint density at radius 1 is 1.00 bits per heavy atom. The van der Waals surface area contributed by atoms with Crippen LogP contribution in [0.4, 0.5) is 17.2 Å². The first-order valence-electron chi connectivity index (χ1n) is 9.54. The smallest absolute Gasteiger partial charge is 0.263 e. The van der Waals surface area contributed by atoms with Crippen LogP contribution in [0.2, 0.25) is 5.02 Å². The van der Waals surface area contributed by atoms with E-state index in [1.807, 2.05) is 0 Å². The number of nitrogens with one attached hydrogen (secondary N) is 2. The van der Waals surface area contributed by atoms with Crippen molar-refractivity contribution in [1.82, 2.24) is 4.98 Å². The first-order chi connectivity index (χ1) is 15.5. The Morgan fingerprint density at radius 2 is 1.70 bits per heavy atom. The minimum absolute atomic E-state index is 0.0292. The summed E-state index contributed by atoms with van der Waals surface area (Å²) < 4.78 is 52.9. The zero-order chi connectivity index (χ0) is 24.2. The third-order valence-electron chi connectivity index (χ3n) is 4.55. The molecule has 2 aromatic carbocycles. The Balaban J connectivity index is 1.74. The predicted molar refractivity (Wildman–Crippen MR) is 128 cm³/mol. The van der Waals surface area contributed by atoms with Crippen molar-refractivity contribution in [3.8, 4) is 0 Å². The van der Waals surface area contributed by atoms with Crippen molar-refractivity contribution in [3.05, 3.63) is 77.4 Å². The van der Waals surface area contributed by atoms with Gasteiger partial charge in [0.05, 0.1) is 16.8 Å². The molecule has 1 amide bonds. The summed E-state index contributed by atoms with van der Waals surface area (Å²) in [7, 11) is -7.65. The number of halogens is 1. The van der Waals surface area contributed by atoms with Crippen LogP contribution in [0.5, 0.6) is 0 Å². The molecule has 9 nitrogen and oxygen atoms in total. The number of carbonyl (C=O) groups excluding carboxylic acids is 1. The molecule has 0 aliphatic heterocycles. The van der Waals surface area contributed by atoms with Crippen LogP contribution in [0.25, 0.3) is 0 Å². The molecule has 3 rings (SSSR count). The second kappa shape index (κ2) is 9.77. The third-order valence-corrected chi connectivity index (χ3v) is 7.45. The molecular weight excluding hydrogens is 488 g/mol. The van der Waals surface area contributed by atoms with Gasteiger partial charge in [-0.05, 0) is 61.0 Å². The molecule has 2 N–H and O–H groups in total. The Kier molecular flexibility index (Phi) is 7.25. The van der Waals surface area contributed by atoms with Gasteiger partial charge in [-0.25, -0.2) is 21.8 Å². The van der Waals surface area contributed by atoms with Crippen molar-refractivity contribution in [1.29, 1.82) is 0 Å². The molecule has 0 spiro atoms. The Morgan fingerprint density at radius 3 is 2.30 bits per heavy atom. The molecular formula is C21H21ClN4O5S2. The van der Waals surface area contributed by atoms with Crippen LogP contribution in [-0.2, 0) is 24.8 Å². The lowest BCUT2D eigenvalue weighted by molar-refractivity contribution is -0.114. The maximum absolute atomic E-state index is 12.6. The summed E-state index contributed by atoms with van der Waals surface area (Å²) in [5.41, 5.74) is 1.11. The van der Waals surface area contributed by atoms with Crippen LogP contribution in [0, 0.1) is 6.92 Å². The quantitative estimate of drug-likeness (QED) is 0.481. The standard InChI is InChI=1S/C21H21ClN4O5S2/c1-15-18(22)6-5-7-19(15)26(32(2,28)29)14-21(27)24-16-9-11-17(12-10-16)33(30,31)25-20-8-3-4-13-23-20/h3-13H,14H2,1-2H3,(H,23,25)(H,24,27). The van der Waals surface area contributed by atoms with Gasteiger partial charge < -0.3 is 5.32 Å². The van der Waals surface area contributed by atoms with Crippen LogP contribution in [-0.4, -0.2) is 40.5 Å². The zero-order valence-corrected chi connectivity index (χ0v) is 20.1. The number of carbonyl (C=O) groups is 1. The van der Waals surface area contributed by atoms with Gasteiger partial charge in [0, 0.05) is 16.9 Å². The number of benzene rings is 2. The normalized spacial score (nSPS) is 11.6. The number of aromatic nitrogens is 1. The van der Waals surface area contributed by atoms with Crippen molar-refractivity contribution in [2.45, 2.75) is 11.8 Å². The second-order valence-corrected chi connectivity index (χ2v) is 11.0. The summed E-state index contributed by atoms with van der Waals surface area (Å²) in [5, 5.41) is 2.94. The topological polar surface area (TPSA) is 126 Å². The van der Waals surface area contributed by atoms with Gasteiger partial charge >= 0.3 is 0 Å². The average molecular weight is 509 g/mol. The van der Waals surface area contributed by atoms with Crippen LogP contribution >= 0.6 is 11.6 Å². The maximum atomic E-state index is 12.6. The van der Waals surface area contributed by atoms with E-state index >= 15 is 0 Å². The molecule has 0 atom stereocenters. The molecule has 0 bridgehead atoms.